The molecule has 0 aliphatic carbocycles. The second-order valence-electron chi connectivity index (χ2n) is 30.3. The predicted molar refractivity (Wildman–Crippen MR) is 482 cm³/mol. The van der Waals surface area contributed by atoms with Gasteiger partial charge in [-0.25, -0.2) is 0 Å². The van der Waals surface area contributed by atoms with E-state index in [-0.39, 0.29) is 0 Å². The maximum atomic E-state index is 6.44. The molecule has 24 rings (SSSR count). The molecule has 530 valence electrons. The fourth-order valence-corrected chi connectivity index (χ4v) is 19.7. The maximum absolute atomic E-state index is 6.44. The standard InChI is InChI=1S/C108H66N4OS/c1-7-22-97-85(14-1)93-62-76(77-48-60-103-95(63-77)87-16-3-9-24-99(87)111(103)82-54-44-75(45-55-82)84-20-13-21-92-89-18-5-11-26-105(89)113-108(84)92)46-58-101(93)109(97)80-50-40-73(41-51-80)71-36-32-69(33-37-71)67-28-30-68(31-29-67)70-34-38-72(39-35-70)74-42-52-81(53-43-74)110-98-23-8-2-15-86(98)94-64-78(47-59-102(94)110)79-49-61-104-96(65-79)88-17-4-10-25-100(88)112(104)83-56-57-91-90-19-6-12-27-106(90)114-107(91)66-83/h1-66H. The molecule has 0 radical (unpaired) electrons. The summed E-state index contributed by atoms with van der Waals surface area (Å²) >= 11 is 1.87. The minimum Gasteiger partial charge on any atom is -0.455 e. The van der Waals surface area contributed by atoms with Crippen LogP contribution in [-0.4, -0.2) is 18.3 Å². The highest BCUT2D eigenvalue weighted by Gasteiger charge is 2.22. The van der Waals surface area contributed by atoms with E-state index in [1.807, 2.05) is 23.5 Å². The van der Waals surface area contributed by atoms with Gasteiger partial charge in [-0.3, -0.25) is 0 Å². The lowest BCUT2D eigenvalue weighted by atomic mass is 9.97. The van der Waals surface area contributed by atoms with Gasteiger partial charge in [-0.1, -0.05) is 267 Å². The lowest BCUT2D eigenvalue weighted by Gasteiger charge is -2.11. The van der Waals surface area contributed by atoms with Gasteiger partial charge in [0.2, 0.25) is 0 Å². The van der Waals surface area contributed by atoms with Crippen molar-refractivity contribution in [1.82, 2.24) is 18.3 Å². The molecule has 114 heavy (non-hydrogen) atoms. The van der Waals surface area contributed by atoms with Gasteiger partial charge in [-0.15, -0.1) is 11.3 Å². The molecule has 5 nitrogen and oxygen atoms in total. The second-order valence-corrected chi connectivity index (χ2v) is 31.4. The predicted octanol–water partition coefficient (Wildman–Crippen LogP) is 30.0. The van der Waals surface area contributed by atoms with Crippen molar-refractivity contribution >= 4 is 141 Å². The summed E-state index contributed by atoms with van der Waals surface area (Å²) in [5.41, 5.74) is 32.3. The first-order valence-electron chi connectivity index (χ1n) is 39.1. The Bertz CT molecular complexity index is 8040. The lowest BCUT2D eigenvalue weighted by molar-refractivity contribution is 0.670. The molecule has 0 spiro atoms. The van der Waals surface area contributed by atoms with Gasteiger partial charge in [0.1, 0.15) is 11.2 Å². The number of thiophene rings is 1. The van der Waals surface area contributed by atoms with Crippen LogP contribution in [0.3, 0.4) is 0 Å². The molecular formula is C108H66N4OS. The second kappa shape index (κ2) is 25.4. The SMILES string of the molecule is c1ccc2c(c1)oc1c(-c3ccc(-n4c5ccccc5c5cc(-c6ccc7c(c6)c6ccccc6n7-c6ccc(-c7ccc(-c8ccc(-c9ccc(-c%10ccc(-n%11c%12ccccc%12c%12cc(-c%13ccc%14c(c%13)c%13ccccc%13n%14-c%13ccc%14c(c%13)sc%13ccccc%13%14)ccc%12%11)cc%10)cc9)cc8)cc7)cc6)ccc54)cc3)cccc12. The Hall–Kier alpha value is -14.8. The largest absolute Gasteiger partial charge is 0.455 e. The smallest absolute Gasteiger partial charge is 0.143 e. The van der Waals surface area contributed by atoms with Gasteiger partial charge in [0.15, 0.2) is 0 Å². The molecule has 24 aromatic rings. The number of aromatic nitrogens is 4. The van der Waals surface area contributed by atoms with Crippen LogP contribution in [0, 0.1) is 0 Å². The van der Waals surface area contributed by atoms with E-state index >= 15 is 0 Å². The summed E-state index contributed by atoms with van der Waals surface area (Å²) in [6.07, 6.45) is 0. The van der Waals surface area contributed by atoms with Gasteiger partial charge in [0.25, 0.3) is 0 Å². The number of fused-ring (bicyclic) bond motifs is 18. The van der Waals surface area contributed by atoms with Crippen LogP contribution in [0.1, 0.15) is 0 Å². The van der Waals surface area contributed by atoms with Crippen LogP contribution >= 0.6 is 11.3 Å². The van der Waals surface area contributed by atoms with Crippen LogP contribution < -0.4 is 0 Å². The summed E-state index contributed by atoms with van der Waals surface area (Å²) in [7, 11) is 0. The average molecular weight is 1470 g/mol. The number of para-hydroxylation sites is 6. The molecule has 6 aromatic heterocycles. The van der Waals surface area contributed by atoms with Gasteiger partial charge >= 0.3 is 0 Å². The van der Waals surface area contributed by atoms with Crippen molar-refractivity contribution in [3.63, 3.8) is 0 Å². The molecule has 0 unspecified atom stereocenters. The highest BCUT2D eigenvalue weighted by atomic mass is 32.1. The summed E-state index contributed by atoms with van der Waals surface area (Å²) in [6.45, 7) is 0. The van der Waals surface area contributed by atoms with Crippen LogP contribution in [0.4, 0.5) is 0 Å². The van der Waals surface area contributed by atoms with Crippen molar-refractivity contribution < 1.29 is 4.42 Å². The lowest BCUT2D eigenvalue weighted by Crippen LogP contribution is -1.94. The fourth-order valence-electron chi connectivity index (χ4n) is 18.5. The molecule has 0 amide bonds. The molecule has 0 saturated carbocycles. The Balaban J connectivity index is 0.458. The van der Waals surface area contributed by atoms with Crippen molar-refractivity contribution in [3.8, 4) is 101 Å². The van der Waals surface area contributed by atoms with Crippen LogP contribution in [0.2, 0.25) is 0 Å². The Morgan fingerprint density at radius 1 is 0.167 bits per heavy atom. The van der Waals surface area contributed by atoms with Crippen molar-refractivity contribution in [2.45, 2.75) is 0 Å². The summed E-state index contributed by atoms with van der Waals surface area (Å²) in [4.78, 5) is 0. The quantitative estimate of drug-likeness (QED) is 0.127. The normalized spacial score (nSPS) is 12.0. The van der Waals surface area contributed by atoms with E-state index in [0.717, 1.165) is 50.1 Å². The fraction of sp³-hybridized carbons (Fsp3) is 0. The highest BCUT2D eigenvalue weighted by Crippen LogP contribution is 2.45. The van der Waals surface area contributed by atoms with E-state index in [1.165, 1.54) is 180 Å². The van der Waals surface area contributed by atoms with Crippen molar-refractivity contribution in [1.29, 1.82) is 0 Å². The van der Waals surface area contributed by atoms with E-state index in [2.05, 4.69) is 407 Å². The van der Waals surface area contributed by atoms with Gasteiger partial charge in [0.05, 0.1) is 44.1 Å². The first-order chi connectivity index (χ1) is 56.5. The summed E-state index contributed by atoms with van der Waals surface area (Å²) in [5.74, 6) is 0. The molecule has 0 saturated heterocycles. The van der Waals surface area contributed by atoms with E-state index in [9.17, 15) is 0 Å². The number of nitrogens with zero attached hydrogens (tertiary/aromatic N) is 4. The minimum absolute atomic E-state index is 0.908. The van der Waals surface area contributed by atoms with Gasteiger partial charge < -0.3 is 22.7 Å². The number of hydrogen-bond acceptors (Lipinski definition) is 2. The third-order valence-corrected chi connectivity index (χ3v) is 25.2. The van der Waals surface area contributed by atoms with Gasteiger partial charge in [-0.05, 0) is 206 Å². The minimum atomic E-state index is 0.908. The third kappa shape index (κ3) is 10.1. The monoisotopic (exact) mass is 1470 g/mol. The van der Waals surface area contributed by atoms with E-state index in [1.54, 1.807) is 0 Å². The Morgan fingerprint density at radius 3 is 0.842 bits per heavy atom. The maximum Gasteiger partial charge on any atom is 0.143 e. The number of furan rings is 1. The topological polar surface area (TPSA) is 32.9 Å². The molecule has 0 aliphatic heterocycles. The number of hydrogen-bond donors (Lipinski definition) is 0. The van der Waals surface area contributed by atoms with Crippen LogP contribution in [0.5, 0.6) is 0 Å². The molecule has 0 bridgehead atoms. The van der Waals surface area contributed by atoms with E-state index in [4.69, 9.17) is 4.42 Å². The van der Waals surface area contributed by atoms with Crippen molar-refractivity contribution in [3.05, 3.63) is 400 Å². The molecule has 0 fully saturated rings. The number of benzene rings is 18. The third-order valence-electron chi connectivity index (χ3n) is 24.1. The molecule has 6 heterocycles. The summed E-state index contributed by atoms with van der Waals surface area (Å²) in [5, 5.41) is 14.8. The molecule has 18 aromatic carbocycles. The van der Waals surface area contributed by atoms with Gasteiger partial charge in [0, 0.05) is 102 Å². The average Bonchev–Trinajstić information content (AvgIpc) is 1.58. The zero-order valence-corrected chi connectivity index (χ0v) is 62.5. The van der Waals surface area contributed by atoms with E-state index in [0.29, 0.717) is 0 Å². The Morgan fingerprint density at radius 2 is 0.447 bits per heavy atom. The molecular weight excluding hydrogens is 1400 g/mol. The summed E-state index contributed by atoms with van der Waals surface area (Å²) < 4.78 is 18.7. The van der Waals surface area contributed by atoms with Gasteiger partial charge in [-0.2, -0.15) is 0 Å². The zero-order chi connectivity index (χ0) is 74.6. The molecule has 0 N–H and O–H groups in total. The zero-order valence-electron chi connectivity index (χ0n) is 61.7. The first kappa shape index (κ1) is 64.0. The summed E-state index contributed by atoms with van der Waals surface area (Å²) in [6, 6.07) is 148. The number of rotatable bonds is 11. The Kier molecular flexibility index (Phi) is 14.3. The van der Waals surface area contributed by atoms with Crippen LogP contribution in [-0.2, 0) is 0 Å². The van der Waals surface area contributed by atoms with Crippen LogP contribution in [0.25, 0.3) is 230 Å². The van der Waals surface area contributed by atoms with Crippen molar-refractivity contribution in [2.24, 2.45) is 0 Å². The molecule has 6 heteroatoms. The first-order valence-corrected chi connectivity index (χ1v) is 39.9. The highest BCUT2D eigenvalue weighted by molar-refractivity contribution is 7.25. The Labute approximate surface area is 659 Å². The molecule has 0 aliphatic rings. The molecule has 0 atom stereocenters. The van der Waals surface area contributed by atoms with E-state index < -0.39 is 0 Å². The van der Waals surface area contributed by atoms with Crippen LogP contribution in [0.15, 0.2) is 405 Å². The van der Waals surface area contributed by atoms with Crippen molar-refractivity contribution in [2.75, 3.05) is 0 Å².